The van der Waals surface area contributed by atoms with E-state index in [1.165, 1.54) is 0 Å². The van der Waals surface area contributed by atoms with Crippen LogP contribution in [0.4, 0.5) is 5.82 Å². The standard InChI is InChI=1S/C12H20BrN3/c1-3-8-16(9-4-7-14)12-6-5-11(13)10(2)15-12/h5-6H,3-4,7-9,14H2,1-2H3. The van der Waals surface area contributed by atoms with Gasteiger partial charge in [-0.05, 0) is 54.4 Å². The molecule has 2 N–H and O–H groups in total. The van der Waals surface area contributed by atoms with E-state index in [0.717, 1.165) is 48.5 Å². The fourth-order valence-corrected chi connectivity index (χ4v) is 1.82. The van der Waals surface area contributed by atoms with Crippen molar-refractivity contribution in [3.63, 3.8) is 0 Å². The van der Waals surface area contributed by atoms with E-state index in [-0.39, 0.29) is 0 Å². The second-order valence-corrected chi connectivity index (χ2v) is 4.72. The minimum Gasteiger partial charge on any atom is -0.357 e. The molecule has 90 valence electrons. The molecule has 1 aromatic rings. The highest BCUT2D eigenvalue weighted by atomic mass is 79.9. The van der Waals surface area contributed by atoms with Gasteiger partial charge in [0, 0.05) is 17.6 Å². The lowest BCUT2D eigenvalue weighted by molar-refractivity contribution is 0.710. The second kappa shape index (κ2) is 6.86. The largest absolute Gasteiger partial charge is 0.357 e. The lowest BCUT2D eigenvalue weighted by atomic mass is 10.3. The third-order valence-electron chi connectivity index (χ3n) is 2.46. The fraction of sp³-hybridized carbons (Fsp3) is 0.583. The van der Waals surface area contributed by atoms with E-state index < -0.39 is 0 Å². The Balaban J connectivity index is 2.78. The number of nitrogens with two attached hydrogens (primary N) is 1. The van der Waals surface area contributed by atoms with Crippen molar-refractivity contribution in [2.24, 2.45) is 5.73 Å². The highest BCUT2D eigenvalue weighted by Gasteiger charge is 2.07. The first kappa shape index (κ1) is 13.5. The number of nitrogens with zero attached hydrogens (tertiary/aromatic N) is 2. The summed E-state index contributed by atoms with van der Waals surface area (Å²) in [6.45, 7) is 6.95. The van der Waals surface area contributed by atoms with Crippen LogP contribution in [-0.2, 0) is 0 Å². The number of hydrogen-bond acceptors (Lipinski definition) is 3. The monoisotopic (exact) mass is 285 g/mol. The topological polar surface area (TPSA) is 42.1 Å². The van der Waals surface area contributed by atoms with E-state index >= 15 is 0 Å². The Morgan fingerprint density at radius 3 is 2.69 bits per heavy atom. The fourth-order valence-electron chi connectivity index (χ4n) is 1.60. The van der Waals surface area contributed by atoms with Crippen molar-refractivity contribution < 1.29 is 0 Å². The van der Waals surface area contributed by atoms with Gasteiger partial charge in [0.25, 0.3) is 0 Å². The van der Waals surface area contributed by atoms with Crippen LogP contribution in [0.15, 0.2) is 16.6 Å². The summed E-state index contributed by atoms with van der Waals surface area (Å²) in [4.78, 5) is 6.88. The molecule has 16 heavy (non-hydrogen) atoms. The van der Waals surface area contributed by atoms with Gasteiger partial charge in [0.2, 0.25) is 0 Å². The predicted molar refractivity (Wildman–Crippen MR) is 72.8 cm³/mol. The van der Waals surface area contributed by atoms with Gasteiger partial charge in [0.05, 0.1) is 5.69 Å². The normalized spacial score (nSPS) is 10.5. The molecule has 0 unspecified atom stereocenters. The predicted octanol–water partition coefficient (Wildman–Crippen LogP) is 2.72. The van der Waals surface area contributed by atoms with Gasteiger partial charge in [-0.2, -0.15) is 0 Å². The van der Waals surface area contributed by atoms with Crippen LogP contribution < -0.4 is 10.6 Å². The first-order chi connectivity index (χ1) is 7.69. The Morgan fingerprint density at radius 1 is 1.38 bits per heavy atom. The highest BCUT2D eigenvalue weighted by Crippen LogP contribution is 2.19. The van der Waals surface area contributed by atoms with Crippen LogP contribution in [0.3, 0.4) is 0 Å². The molecule has 0 atom stereocenters. The van der Waals surface area contributed by atoms with Crippen LogP contribution in [0.1, 0.15) is 25.5 Å². The van der Waals surface area contributed by atoms with Crippen molar-refractivity contribution in [1.29, 1.82) is 0 Å². The molecule has 0 saturated heterocycles. The van der Waals surface area contributed by atoms with Gasteiger partial charge in [0.1, 0.15) is 5.82 Å². The molecule has 0 bridgehead atoms. The Hall–Kier alpha value is -0.610. The average molecular weight is 286 g/mol. The second-order valence-electron chi connectivity index (χ2n) is 3.87. The van der Waals surface area contributed by atoms with E-state index in [9.17, 15) is 0 Å². The van der Waals surface area contributed by atoms with Gasteiger partial charge < -0.3 is 10.6 Å². The number of rotatable bonds is 6. The molecule has 0 fully saturated rings. The van der Waals surface area contributed by atoms with Crippen LogP contribution in [0, 0.1) is 6.92 Å². The Kier molecular flexibility index (Phi) is 5.77. The van der Waals surface area contributed by atoms with Crippen molar-refractivity contribution in [2.75, 3.05) is 24.5 Å². The maximum Gasteiger partial charge on any atom is 0.128 e. The number of halogens is 1. The Labute approximate surface area is 106 Å². The zero-order chi connectivity index (χ0) is 12.0. The van der Waals surface area contributed by atoms with E-state index in [1.807, 2.05) is 6.92 Å². The van der Waals surface area contributed by atoms with Crippen LogP contribution in [0.5, 0.6) is 0 Å². The number of pyridine rings is 1. The molecule has 4 heteroatoms. The summed E-state index contributed by atoms with van der Waals surface area (Å²) < 4.78 is 1.06. The molecule has 0 aromatic carbocycles. The molecule has 1 aromatic heterocycles. The van der Waals surface area contributed by atoms with Gasteiger partial charge in [-0.15, -0.1) is 0 Å². The molecule has 3 nitrogen and oxygen atoms in total. The summed E-state index contributed by atoms with van der Waals surface area (Å²) in [5.74, 6) is 1.05. The van der Waals surface area contributed by atoms with Crippen molar-refractivity contribution >= 4 is 21.7 Å². The molecule has 1 rings (SSSR count). The average Bonchev–Trinajstić information content (AvgIpc) is 2.28. The summed E-state index contributed by atoms with van der Waals surface area (Å²) in [6.07, 6.45) is 2.14. The third kappa shape index (κ3) is 3.76. The third-order valence-corrected chi connectivity index (χ3v) is 3.29. The Morgan fingerprint density at radius 2 is 2.12 bits per heavy atom. The van der Waals surface area contributed by atoms with Crippen molar-refractivity contribution in [1.82, 2.24) is 4.98 Å². The molecule has 0 aliphatic rings. The van der Waals surface area contributed by atoms with E-state index in [2.05, 4.69) is 44.9 Å². The zero-order valence-corrected chi connectivity index (χ0v) is 11.6. The molecule has 0 radical (unpaired) electrons. The van der Waals surface area contributed by atoms with Crippen LogP contribution in [0.2, 0.25) is 0 Å². The lowest BCUT2D eigenvalue weighted by Gasteiger charge is -2.23. The molecule has 0 aliphatic carbocycles. The van der Waals surface area contributed by atoms with Crippen molar-refractivity contribution in [3.05, 3.63) is 22.3 Å². The maximum absolute atomic E-state index is 5.55. The summed E-state index contributed by atoms with van der Waals surface area (Å²) in [5, 5.41) is 0. The summed E-state index contributed by atoms with van der Waals surface area (Å²) in [7, 11) is 0. The van der Waals surface area contributed by atoms with E-state index in [4.69, 9.17) is 5.73 Å². The molecule has 0 amide bonds. The van der Waals surface area contributed by atoms with Crippen LogP contribution in [0.25, 0.3) is 0 Å². The van der Waals surface area contributed by atoms with Crippen LogP contribution in [-0.4, -0.2) is 24.6 Å². The summed E-state index contributed by atoms with van der Waals surface area (Å²) >= 11 is 3.47. The Bertz CT molecular complexity index is 328. The smallest absolute Gasteiger partial charge is 0.128 e. The van der Waals surface area contributed by atoms with E-state index in [0.29, 0.717) is 0 Å². The molecule has 0 spiro atoms. The number of anilines is 1. The highest BCUT2D eigenvalue weighted by molar-refractivity contribution is 9.10. The molecule has 1 heterocycles. The molecule has 0 aliphatic heterocycles. The maximum atomic E-state index is 5.55. The first-order valence-corrected chi connectivity index (χ1v) is 6.56. The van der Waals surface area contributed by atoms with Crippen molar-refractivity contribution in [2.45, 2.75) is 26.7 Å². The quantitative estimate of drug-likeness (QED) is 0.874. The zero-order valence-electron chi connectivity index (χ0n) is 10.0. The molecule has 0 saturated carbocycles. The SMILES string of the molecule is CCCN(CCCN)c1ccc(Br)c(C)n1. The van der Waals surface area contributed by atoms with Gasteiger partial charge >= 0.3 is 0 Å². The van der Waals surface area contributed by atoms with Gasteiger partial charge in [-0.25, -0.2) is 4.98 Å². The van der Waals surface area contributed by atoms with Gasteiger partial charge in [-0.3, -0.25) is 0 Å². The first-order valence-electron chi connectivity index (χ1n) is 5.77. The minimum absolute atomic E-state index is 0.732. The van der Waals surface area contributed by atoms with Gasteiger partial charge in [-0.1, -0.05) is 6.92 Å². The minimum atomic E-state index is 0.732. The number of aromatic nitrogens is 1. The van der Waals surface area contributed by atoms with Crippen LogP contribution >= 0.6 is 15.9 Å². The molecular formula is C12H20BrN3. The van der Waals surface area contributed by atoms with Crippen molar-refractivity contribution in [3.8, 4) is 0 Å². The number of hydrogen-bond donors (Lipinski definition) is 1. The molecular weight excluding hydrogens is 266 g/mol. The lowest BCUT2D eigenvalue weighted by Crippen LogP contribution is -2.27. The van der Waals surface area contributed by atoms with E-state index in [1.54, 1.807) is 0 Å². The summed E-state index contributed by atoms with van der Waals surface area (Å²) in [6, 6.07) is 4.12. The van der Waals surface area contributed by atoms with Gasteiger partial charge in [0.15, 0.2) is 0 Å². The summed E-state index contributed by atoms with van der Waals surface area (Å²) in [5.41, 5.74) is 6.58. The number of aryl methyl sites for hydroxylation is 1.